The van der Waals surface area contributed by atoms with Crippen molar-refractivity contribution >= 4 is 23.5 Å². The van der Waals surface area contributed by atoms with Crippen LogP contribution in [0.4, 0.5) is 0 Å². The largest absolute Gasteiger partial charge is 0.313 e. The lowest BCUT2D eigenvalue weighted by Gasteiger charge is -2.36. The second kappa shape index (κ2) is 9.18. The average Bonchev–Trinajstić information content (AvgIpc) is 2.37. The van der Waals surface area contributed by atoms with E-state index in [0.29, 0.717) is 6.04 Å². The van der Waals surface area contributed by atoms with Gasteiger partial charge in [-0.15, -0.1) is 12.3 Å². The number of thioether (sulfide) groups is 2. The molecule has 1 nitrogen and oxygen atoms in total. The fourth-order valence-corrected chi connectivity index (χ4v) is 5.36. The molecule has 1 heterocycles. The zero-order chi connectivity index (χ0) is 13.4. The maximum Gasteiger partial charge on any atom is 0.0294 e. The van der Waals surface area contributed by atoms with Gasteiger partial charge in [-0.1, -0.05) is 20.8 Å². The Morgan fingerprint density at radius 3 is 2.78 bits per heavy atom. The van der Waals surface area contributed by atoms with Gasteiger partial charge in [0.05, 0.1) is 0 Å². The molecule has 0 saturated carbocycles. The smallest absolute Gasteiger partial charge is 0.0294 e. The van der Waals surface area contributed by atoms with E-state index in [4.69, 9.17) is 6.42 Å². The molecule has 1 fully saturated rings. The number of unbranched alkanes of at least 4 members (excludes halogenated alkanes) is 1. The molecule has 0 aromatic rings. The monoisotopic (exact) mass is 285 g/mol. The maximum atomic E-state index is 5.35. The number of hydrogen-bond acceptors (Lipinski definition) is 3. The lowest BCUT2D eigenvalue weighted by atomic mass is 10.1. The van der Waals surface area contributed by atoms with Gasteiger partial charge in [-0.3, -0.25) is 0 Å². The Morgan fingerprint density at radius 1 is 1.39 bits per heavy atom. The fraction of sp³-hybridized carbons (Fsp3) is 0.867. The molecule has 1 aliphatic rings. The van der Waals surface area contributed by atoms with Crippen LogP contribution in [0.3, 0.4) is 0 Å². The molecule has 4 atom stereocenters. The van der Waals surface area contributed by atoms with Gasteiger partial charge in [-0.25, -0.2) is 0 Å². The van der Waals surface area contributed by atoms with Crippen molar-refractivity contribution in [2.24, 2.45) is 0 Å². The maximum absolute atomic E-state index is 5.35. The minimum atomic E-state index is 0.644. The zero-order valence-electron chi connectivity index (χ0n) is 11.9. The number of hydrogen-bond donors (Lipinski definition) is 1. The average molecular weight is 286 g/mol. The van der Waals surface area contributed by atoms with Gasteiger partial charge in [-0.2, -0.15) is 23.5 Å². The van der Waals surface area contributed by atoms with Crippen molar-refractivity contribution in [1.29, 1.82) is 0 Å². The molecule has 0 bridgehead atoms. The van der Waals surface area contributed by atoms with Crippen LogP contribution in [0.15, 0.2) is 0 Å². The van der Waals surface area contributed by atoms with Gasteiger partial charge in [0.25, 0.3) is 0 Å². The van der Waals surface area contributed by atoms with Crippen molar-refractivity contribution in [1.82, 2.24) is 5.32 Å². The van der Waals surface area contributed by atoms with E-state index in [9.17, 15) is 0 Å². The van der Waals surface area contributed by atoms with Crippen LogP contribution in [0.2, 0.25) is 0 Å². The Balaban J connectivity index is 2.45. The molecule has 0 amide bonds. The molecule has 0 radical (unpaired) electrons. The zero-order valence-corrected chi connectivity index (χ0v) is 13.6. The molecule has 0 aromatic carbocycles. The number of rotatable bonds is 7. The quantitative estimate of drug-likeness (QED) is 0.565. The van der Waals surface area contributed by atoms with E-state index in [1.165, 1.54) is 18.6 Å². The first-order valence-electron chi connectivity index (χ1n) is 7.13. The Hall–Kier alpha value is 0.220. The summed E-state index contributed by atoms with van der Waals surface area (Å²) in [5.41, 5.74) is 0. The van der Waals surface area contributed by atoms with Crippen LogP contribution < -0.4 is 5.32 Å². The minimum Gasteiger partial charge on any atom is -0.313 e. The summed E-state index contributed by atoms with van der Waals surface area (Å²) >= 11 is 4.31. The summed E-state index contributed by atoms with van der Waals surface area (Å²) < 4.78 is 0. The summed E-state index contributed by atoms with van der Waals surface area (Å²) in [7, 11) is 0. The summed E-state index contributed by atoms with van der Waals surface area (Å²) in [6.07, 6.45) is 9.86. The van der Waals surface area contributed by atoms with Crippen LogP contribution in [0, 0.1) is 12.3 Å². The van der Waals surface area contributed by atoms with Gasteiger partial charge >= 0.3 is 0 Å². The molecule has 4 unspecified atom stereocenters. The summed E-state index contributed by atoms with van der Waals surface area (Å²) in [6, 6.07) is 0.644. The molecule has 0 spiro atoms. The second-order valence-corrected chi connectivity index (χ2v) is 8.11. The topological polar surface area (TPSA) is 12.0 Å². The van der Waals surface area contributed by atoms with E-state index in [0.717, 1.165) is 35.1 Å². The van der Waals surface area contributed by atoms with E-state index in [1.807, 2.05) is 0 Å². The van der Waals surface area contributed by atoms with E-state index in [2.05, 4.69) is 55.5 Å². The van der Waals surface area contributed by atoms with E-state index < -0.39 is 0 Å². The molecule has 0 aromatic heterocycles. The van der Waals surface area contributed by atoms with Crippen molar-refractivity contribution in [2.45, 2.75) is 68.2 Å². The number of nitrogens with one attached hydrogen (secondary N) is 1. The summed E-state index contributed by atoms with van der Waals surface area (Å²) in [5.74, 6) is 4.04. The van der Waals surface area contributed by atoms with Crippen molar-refractivity contribution < 1.29 is 0 Å². The van der Waals surface area contributed by atoms with Crippen LogP contribution in [-0.4, -0.2) is 34.1 Å². The minimum absolute atomic E-state index is 0.644. The van der Waals surface area contributed by atoms with Gasteiger partial charge in [0.1, 0.15) is 0 Å². The van der Waals surface area contributed by atoms with Gasteiger partial charge < -0.3 is 5.32 Å². The Labute approximate surface area is 122 Å². The van der Waals surface area contributed by atoms with E-state index in [1.54, 1.807) is 0 Å². The van der Waals surface area contributed by atoms with Crippen molar-refractivity contribution in [3.8, 4) is 12.3 Å². The highest BCUT2D eigenvalue weighted by Crippen LogP contribution is 2.37. The van der Waals surface area contributed by atoms with Gasteiger partial charge in [0, 0.05) is 34.0 Å². The van der Waals surface area contributed by atoms with Crippen LogP contribution in [0.25, 0.3) is 0 Å². The van der Waals surface area contributed by atoms with Crippen molar-refractivity contribution in [3.63, 3.8) is 0 Å². The fourth-order valence-electron chi connectivity index (χ4n) is 2.19. The Kier molecular flexibility index (Phi) is 8.30. The molecule has 1 rings (SSSR count). The molecule has 1 aliphatic heterocycles. The van der Waals surface area contributed by atoms with Crippen LogP contribution in [0.5, 0.6) is 0 Å². The van der Waals surface area contributed by atoms with Crippen LogP contribution in [0.1, 0.15) is 46.5 Å². The normalized spacial score (nSPS) is 29.8. The molecular formula is C15H27NS2. The van der Waals surface area contributed by atoms with Crippen molar-refractivity contribution in [3.05, 3.63) is 0 Å². The molecule has 3 heteroatoms. The highest BCUT2D eigenvalue weighted by atomic mass is 32.2. The third-order valence-corrected chi connectivity index (χ3v) is 7.07. The first-order valence-corrected chi connectivity index (χ1v) is 9.12. The standard InChI is InChI=1S/C15H27NS2/c1-5-7-8-9-14(16-10-6-2)15-11-17-12(3)13(4)18-15/h1,12-16H,6-11H2,2-4H3. The Bertz CT molecular complexity index is 262. The van der Waals surface area contributed by atoms with Crippen LogP contribution >= 0.6 is 23.5 Å². The predicted molar refractivity (Wildman–Crippen MR) is 87.5 cm³/mol. The number of terminal acetylenes is 1. The van der Waals surface area contributed by atoms with E-state index >= 15 is 0 Å². The molecule has 18 heavy (non-hydrogen) atoms. The lowest BCUT2D eigenvalue weighted by molar-refractivity contribution is 0.467. The lowest BCUT2D eigenvalue weighted by Crippen LogP contribution is -2.43. The van der Waals surface area contributed by atoms with Gasteiger partial charge in [-0.05, 0) is 25.8 Å². The molecule has 104 valence electrons. The Morgan fingerprint density at radius 2 is 2.17 bits per heavy atom. The summed E-state index contributed by atoms with van der Waals surface area (Å²) in [4.78, 5) is 0. The first kappa shape index (κ1) is 16.3. The summed E-state index contributed by atoms with van der Waals surface area (Å²) in [6.45, 7) is 8.09. The second-order valence-electron chi connectivity index (χ2n) is 5.08. The predicted octanol–water partition coefficient (Wildman–Crippen LogP) is 3.78. The van der Waals surface area contributed by atoms with Crippen molar-refractivity contribution in [2.75, 3.05) is 12.3 Å². The summed E-state index contributed by atoms with van der Waals surface area (Å²) in [5, 5.41) is 6.05. The molecule has 1 saturated heterocycles. The van der Waals surface area contributed by atoms with E-state index in [-0.39, 0.29) is 0 Å². The van der Waals surface area contributed by atoms with Gasteiger partial charge in [0.2, 0.25) is 0 Å². The third-order valence-electron chi connectivity index (χ3n) is 3.52. The molecule has 1 N–H and O–H groups in total. The first-order chi connectivity index (χ1) is 8.69. The van der Waals surface area contributed by atoms with Gasteiger partial charge in [0.15, 0.2) is 0 Å². The SMILES string of the molecule is C#CCCCC(NCCC)C1CSC(C)C(C)S1. The molecular weight excluding hydrogens is 258 g/mol. The third kappa shape index (κ3) is 5.47. The highest BCUT2D eigenvalue weighted by Gasteiger charge is 2.30. The highest BCUT2D eigenvalue weighted by molar-refractivity contribution is 8.07. The molecule has 0 aliphatic carbocycles. The van der Waals surface area contributed by atoms with Crippen LogP contribution in [-0.2, 0) is 0 Å².